The van der Waals surface area contributed by atoms with Crippen LogP contribution in [0.5, 0.6) is 0 Å². The minimum absolute atomic E-state index is 0.00443. The van der Waals surface area contributed by atoms with Gasteiger partial charge >= 0.3 is 17.9 Å². The van der Waals surface area contributed by atoms with Crippen molar-refractivity contribution in [2.24, 2.45) is 5.92 Å². The first-order chi connectivity index (χ1) is 19.1. The van der Waals surface area contributed by atoms with Crippen LogP contribution in [-0.4, -0.2) is 57.2 Å². The van der Waals surface area contributed by atoms with Gasteiger partial charge < -0.3 is 20.4 Å². The minimum atomic E-state index is -2.85. The van der Waals surface area contributed by atoms with Crippen molar-refractivity contribution in [3.63, 3.8) is 0 Å². The Morgan fingerprint density at radius 2 is 1.05 bits per heavy atom. The third kappa shape index (κ3) is 4.52. The highest BCUT2D eigenvalue weighted by molar-refractivity contribution is 6.21. The molecule has 0 aromatic heterocycles. The van der Waals surface area contributed by atoms with Crippen LogP contribution in [0, 0.1) is 5.92 Å². The fraction of sp³-hybridized carbons (Fsp3) is 0.0667. The normalized spacial score (nSPS) is 18.7. The Balaban J connectivity index is 2.24. The second-order valence-corrected chi connectivity index (χ2v) is 8.91. The van der Waals surface area contributed by atoms with Gasteiger partial charge in [0.05, 0.1) is 11.1 Å². The van der Waals surface area contributed by atoms with Crippen molar-refractivity contribution in [2.75, 3.05) is 0 Å². The largest absolute Gasteiger partial charge is 0.481 e. The van der Waals surface area contributed by atoms with E-state index in [0.29, 0.717) is 18.9 Å². The summed E-state index contributed by atoms with van der Waals surface area (Å²) in [5, 5.41) is 43.5. The number of carboxylic acid groups (broad SMARTS) is 3. The van der Waals surface area contributed by atoms with Crippen LogP contribution < -0.4 is 0 Å². The van der Waals surface area contributed by atoms with Gasteiger partial charge in [0.1, 0.15) is 30.4 Å². The second kappa shape index (κ2) is 10.7. The van der Waals surface area contributed by atoms with Gasteiger partial charge in [-0.1, -0.05) is 72.8 Å². The van der Waals surface area contributed by atoms with Gasteiger partial charge in [-0.05, 0) is 22.3 Å². The molecule has 40 heavy (non-hydrogen) atoms. The topological polar surface area (TPSA) is 183 Å². The molecule has 1 aliphatic carbocycles. The monoisotopic (exact) mass is 540 g/mol. The lowest BCUT2D eigenvalue weighted by molar-refractivity contribution is -0.148. The standard InChI is InChI=1S/C30H20O10/c31-13-16-1-7-19(8-2-16)22-24(27(34)35)23(20-9-3-17(14-32)4-10-20)26(29(38)39)30(40,25(22)28(36)37)21-11-5-18(15-33)6-12-21/h1-15,25,40H,(H,34,35)(H,36,37)(H,38,39). The third-order valence-corrected chi connectivity index (χ3v) is 6.71. The van der Waals surface area contributed by atoms with Crippen LogP contribution in [0.25, 0.3) is 11.1 Å². The zero-order valence-corrected chi connectivity index (χ0v) is 20.5. The zero-order valence-electron chi connectivity index (χ0n) is 20.5. The first kappa shape index (κ1) is 27.6. The van der Waals surface area contributed by atoms with E-state index in [1.165, 1.54) is 72.8 Å². The van der Waals surface area contributed by atoms with Gasteiger partial charge in [0.15, 0.2) is 0 Å². The molecule has 0 aliphatic heterocycles. The van der Waals surface area contributed by atoms with E-state index in [1.807, 2.05) is 0 Å². The summed E-state index contributed by atoms with van der Waals surface area (Å²) in [4.78, 5) is 72.2. The Bertz CT molecular complexity index is 1610. The number of aldehydes is 3. The predicted octanol–water partition coefficient (Wildman–Crippen LogP) is 3.10. The summed E-state index contributed by atoms with van der Waals surface area (Å²) in [6, 6.07) is 15.3. The van der Waals surface area contributed by atoms with E-state index in [2.05, 4.69) is 0 Å². The van der Waals surface area contributed by atoms with Crippen LogP contribution in [0.2, 0.25) is 0 Å². The maximum absolute atomic E-state index is 12.9. The van der Waals surface area contributed by atoms with Crippen LogP contribution in [0.1, 0.15) is 47.8 Å². The molecule has 0 saturated heterocycles. The highest BCUT2D eigenvalue weighted by Crippen LogP contribution is 2.54. The number of hydrogen-bond donors (Lipinski definition) is 4. The Labute approximate surface area is 226 Å². The molecule has 10 heteroatoms. The smallest absolute Gasteiger partial charge is 0.336 e. The third-order valence-electron chi connectivity index (χ3n) is 6.71. The maximum Gasteiger partial charge on any atom is 0.336 e. The lowest BCUT2D eigenvalue weighted by Gasteiger charge is -2.41. The SMILES string of the molecule is O=Cc1ccc(C2=C(C(=O)O)C(O)(c3ccc(C=O)cc3)C(C(=O)O)C(c3ccc(C=O)cc3)=C2C(=O)O)cc1. The van der Waals surface area contributed by atoms with E-state index < -0.39 is 51.7 Å². The summed E-state index contributed by atoms with van der Waals surface area (Å²) in [5.74, 6) is -7.36. The molecule has 0 bridgehead atoms. The highest BCUT2D eigenvalue weighted by atomic mass is 16.4. The molecule has 4 N–H and O–H groups in total. The molecular weight excluding hydrogens is 520 g/mol. The summed E-state index contributed by atoms with van der Waals surface area (Å²) in [6.45, 7) is 0. The number of rotatable bonds is 9. The van der Waals surface area contributed by atoms with Gasteiger partial charge in [-0.2, -0.15) is 0 Å². The quantitative estimate of drug-likeness (QED) is 0.294. The molecule has 1 aliphatic rings. The Morgan fingerprint density at radius 3 is 1.43 bits per heavy atom. The summed E-state index contributed by atoms with van der Waals surface area (Å²) in [7, 11) is 0. The average molecular weight is 540 g/mol. The van der Waals surface area contributed by atoms with Gasteiger partial charge in [0.25, 0.3) is 0 Å². The molecule has 0 radical (unpaired) electrons. The fourth-order valence-electron chi connectivity index (χ4n) is 4.94. The fourth-order valence-corrected chi connectivity index (χ4v) is 4.94. The van der Waals surface area contributed by atoms with E-state index >= 15 is 0 Å². The van der Waals surface area contributed by atoms with Crippen molar-refractivity contribution in [1.29, 1.82) is 0 Å². The number of aliphatic carboxylic acids is 3. The van der Waals surface area contributed by atoms with E-state index in [9.17, 15) is 49.2 Å². The number of benzene rings is 3. The highest BCUT2D eigenvalue weighted by Gasteiger charge is 2.56. The molecule has 200 valence electrons. The lowest BCUT2D eigenvalue weighted by atomic mass is 9.63. The van der Waals surface area contributed by atoms with E-state index in [-0.39, 0.29) is 33.4 Å². The van der Waals surface area contributed by atoms with Crippen molar-refractivity contribution in [3.8, 4) is 0 Å². The van der Waals surface area contributed by atoms with Gasteiger partial charge in [-0.3, -0.25) is 19.2 Å². The molecule has 10 nitrogen and oxygen atoms in total. The molecule has 2 unspecified atom stereocenters. The first-order valence-corrected chi connectivity index (χ1v) is 11.7. The summed E-state index contributed by atoms with van der Waals surface area (Å²) < 4.78 is 0. The van der Waals surface area contributed by atoms with E-state index in [0.717, 1.165) is 0 Å². The zero-order chi connectivity index (χ0) is 29.2. The summed E-state index contributed by atoms with van der Waals surface area (Å²) in [6.07, 6.45) is 1.55. The first-order valence-electron chi connectivity index (χ1n) is 11.7. The molecule has 3 aromatic rings. The molecule has 0 amide bonds. The van der Waals surface area contributed by atoms with Crippen molar-refractivity contribution in [1.82, 2.24) is 0 Å². The van der Waals surface area contributed by atoms with Crippen LogP contribution >= 0.6 is 0 Å². The average Bonchev–Trinajstić information content (AvgIpc) is 2.95. The summed E-state index contributed by atoms with van der Waals surface area (Å²) in [5.41, 5.74) is -5.05. The van der Waals surface area contributed by atoms with Gasteiger partial charge in [-0.15, -0.1) is 0 Å². The van der Waals surface area contributed by atoms with Gasteiger partial charge in [0.2, 0.25) is 0 Å². The molecule has 3 aromatic carbocycles. The van der Waals surface area contributed by atoms with Gasteiger partial charge in [-0.25, -0.2) is 9.59 Å². The van der Waals surface area contributed by atoms with Gasteiger partial charge in [0, 0.05) is 22.3 Å². The Kier molecular flexibility index (Phi) is 7.38. The van der Waals surface area contributed by atoms with Crippen molar-refractivity contribution in [2.45, 2.75) is 5.60 Å². The van der Waals surface area contributed by atoms with Crippen LogP contribution in [0.3, 0.4) is 0 Å². The van der Waals surface area contributed by atoms with Crippen LogP contribution in [0.4, 0.5) is 0 Å². The molecule has 2 atom stereocenters. The number of hydrogen-bond acceptors (Lipinski definition) is 7. The Hall–Kier alpha value is -5.48. The maximum atomic E-state index is 12.9. The molecule has 4 rings (SSSR count). The van der Waals surface area contributed by atoms with E-state index in [1.54, 1.807) is 0 Å². The van der Waals surface area contributed by atoms with Crippen LogP contribution in [-0.2, 0) is 20.0 Å². The van der Waals surface area contributed by atoms with Crippen molar-refractivity contribution in [3.05, 3.63) is 117 Å². The predicted molar refractivity (Wildman–Crippen MR) is 140 cm³/mol. The number of carboxylic acids is 3. The second-order valence-electron chi connectivity index (χ2n) is 8.91. The van der Waals surface area contributed by atoms with Crippen molar-refractivity contribution < 1.29 is 49.2 Å². The molecule has 0 spiro atoms. The molecule has 0 saturated carbocycles. The molecule has 0 heterocycles. The van der Waals surface area contributed by atoms with Crippen LogP contribution in [0.15, 0.2) is 83.9 Å². The minimum Gasteiger partial charge on any atom is -0.481 e. The molecular formula is C30H20O10. The number of carbonyl (C=O) groups is 6. The van der Waals surface area contributed by atoms with Crippen molar-refractivity contribution >= 4 is 47.9 Å². The lowest BCUT2D eigenvalue weighted by Crippen LogP contribution is -2.48. The number of carbonyl (C=O) groups excluding carboxylic acids is 3. The Morgan fingerprint density at radius 1 is 0.625 bits per heavy atom. The molecule has 0 fully saturated rings. The summed E-state index contributed by atoms with van der Waals surface area (Å²) >= 11 is 0. The van der Waals surface area contributed by atoms with E-state index in [4.69, 9.17) is 0 Å². The number of aliphatic hydroxyl groups is 1.